The average Bonchev–Trinajstić information content (AvgIpc) is 2.72. The number of carbonyl (C=O) groups is 1. The van der Waals surface area contributed by atoms with Gasteiger partial charge >= 0.3 is 0 Å². The zero-order chi connectivity index (χ0) is 20.1. The van der Waals surface area contributed by atoms with Gasteiger partial charge < -0.3 is 24.4 Å². The van der Waals surface area contributed by atoms with E-state index in [0.717, 1.165) is 25.2 Å². The number of piperazine rings is 1. The third-order valence-corrected chi connectivity index (χ3v) is 5.30. The second-order valence-electron chi connectivity index (χ2n) is 6.63. The average molecular weight is 449 g/mol. The zero-order valence-electron chi connectivity index (χ0n) is 16.2. The molecule has 6 nitrogen and oxygen atoms in total. The summed E-state index contributed by atoms with van der Waals surface area (Å²) in [6.07, 6.45) is 0.890. The van der Waals surface area contributed by atoms with Crippen molar-refractivity contribution >= 4 is 27.5 Å². The van der Waals surface area contributed by atoms with E-state index in [-0.39, 0.29) is 11.7 Å². The third-order valence-electron chi connectivity index (χ3n) is 4.71. The number of rotatable bonds is 6. The van der Waals surface area contributed by atoms with Crippen molar-refractivity contribution < 1.29 is 19.4 Å². The summed E-state index contributed by atoms with van der Waals surface area (Å²) in [5, 5.41) is 9.43. The van der Waals surface area contributed by atoms with Crippen molar-refractivity contribution in [3.8, 4) is 17.2 Å². The maximum Gasteiger partial charge on any atom is 0.254 e. The van der Waals surface area contributed by atoms with Gasteiger partial charge in [0.25, 0.3) is 5.91 Å². The van der Waals surface area contributed by atoms with Crippen LogP contribution < -0.4 is 14.4 Å². The van der Waals surface area contributed by atoms with Crippen LogP contribution >= 0.6 is 15.9 Å². The van der Waals surface area contributed by atoms with Crippen LogP contribution in [-0.2, 0) is 0 Å². The summed E-state index contributed by atoms with van der Waals surface area (Å²) in [6.45, 7) is 5.37. The van der Waals surface area contributed by atoms with Gasteiger partial charge in [-0.1, -0.05) is 6.92 Å². The van der Waals surface area contributed by atoms with Crippen molar-refractivity contribution in [2.45, 2.75) is 13.3 Å². The first-order valence-electron chi connectivity index (χ1n) is 9.37. The molecule has 1 saturated heterocycles. The number of phenolic OH excluding ortho intramolecular Hbond substituents is 1. The van der Waals surface area contributed by atoms with Gasteiger partial charge in [0.2, 0.25) is 0 Å². The normalized spacial score (nSPS) is 14.1. The van der Waals surface area contributed by atoms with Crippen molar-refractivity contribution in [3.63, 3.8) is 0 Å². The van der Waals surface area contributed by atoms with E-state index in [0.29, 0.717) is 41.2 Å². The van der Waals surface area contributed by atoms with Crippen LogP contribution in [0.2, 0.25) is 0 Å². The van der Waals surface area contributed by atoms with Gasteiger partial charge in [0.15, 0.2) is 11.5 Å². The number of nitrogens with zero attached hydrogens (tertiary/aromatic N) is 2. The van der Waals surface area contributed by atoms with Gasteiger partial charge in [-0.25, -0.2) is 0 Å². The molecule has 0 atom stereocenters. The van der Waals surface area contributed by atoms with E-state index in [1.54, 1.807) is 31.4 Å². The van der Waals surface area contributed by atoms with Crippen molar-refractivity contribution in [3.05, 3.63) is 46.4 Å². The maximum absolute atomic E-state index is 13.0. The van der Waals surface area contributed by atoms with E-state index in [1.807, 2.05) is 24.0 Å². The molecular weight excluding hydrogens is 424 g/mol. The molecule has 1 aliphatic rings. The first-order chi connectivity index (χ1) is 13.5. The standard InChI is InChI=1S/C21H25BrN2O4/c1-3-12-28-20-18(22)13-15(14-19(20)27-2)21(26)24-10-8-23(9-11-24)16-4-6-17(25)7-5-16/h4-7,13-14,25H,3,8-12H2,1-2H3. The third kappa shape index (κ3) is 4.52. The van der Waals surface area contributed by atoms with Gasteiger partial charge in [0, 0.05) is 37.4 Å². The smallest absolute Gasteiger partial charge is 0.254 e. The van der Waals surface area contributed by atoms with E-state index < -0.39 is 0 Å². The van der Waals surface area contributed by atoms with Crippen molar-refractivity contribution in [2.24, 2.45) is 0 Å². The van der Waals surface area contributed by atoms with Gasteiger partial charge in [-0.05, 0) is 58.7 Å². The Balaban J connectivity index is 1.69. The highest BCUT2D eigenvalue weighted by Crippen LogP contribution is 2.37. The fourth-order valence-corrected chi connectivity index (χ4v) is 3.76. The van der Waals surface area contributed by atoms with Crippen LogP contribution in [0.5, 0.6) is 17.2 Å². The Morgan fingerprint density at radius 3 is 2.43 bits per heavy atom. The number of ether oxygens (including phenoxy) is 2. The molecule has 2 aromatic rings. The number of hydrogen-bond donors (Lipinski definition) is 1. The molecule has 1 heterocycles. The maximum atomic E-state index is 13.0. The number of carbonyl (C=O) groups excluding carboxylic acids is 1. The molecule has 2 aromatic carbocycles. The van der Waals surface area contributed by atoms with Gasteiger partial charge in [0.05, 0.1) is 18.2 Å². The lowest BCUT2D eigenvalue weighted by Gasteiger charge is -2.36. The second-order valence-corrected chi connectivity index (χ2v) is 7.49. The fourth-order valence-electron chi connectivity index (χ4n) is 3.20. The lowest BCUT2D eigenvalue weighted by Crippen LogP contribution is -2.48. The Labute approximate surface area is 173 Å². The van der Waals surface area contributed by atoms with Gasteiger partial charge in [-0.3, -0.25) is 4.79 Å². The predicted octanol–water partition coefficient (Wildman–Crippen LogP) is 3.91. The Morgan fingerprint density at radius 1 is 1.14 bits per heavy atom. The highest BCUT2D eigenvalue weighted by molar-refractivity contribution is 9.10. The minimum absolute atomic E-state index is 0.0219. The number of phenols is 1. The minimum Gasteiger partial charge on any atom is -0.508 e. The molecule has 0 unspecified atom stereocenters. The number of hydrogen-bond acceptors (Lipinski definition) is 5. The SMILES string of the molecule is CCCOc1c(Br)cc(C(=O)N2CCN(c3ccc(O)cc3)CC2)cc1OC. The molecule has 7 heteroatoms. The van der Waals surface area contributed by atoms with Crippen LogP contribution in [0, 0.1) is 0 Å². The Morgan fingerprint density at radius 2 is 1.82 bits per heavy atom. The van der Waals surface area contributed by atoms with E-state index in [2.05, 4.69) is 20.8 Å². The number of benzene rings is 2. The summed E-state index contributed by atoms with van der Waals surface area (Å²) in [6, 6.07) is 10.7. The van der Waals surface area contributed by atoms with Gasteiger partial charge in [0.1, 0.15) is 5.75 Å². The van der Waals surface area contributed by atoms with Crippen LogP contribution in [0.15, 0.2) is 40.9 Å². The monoisotopic (exact) mass is 448 g/mol. The van der Waals surface area contributed by atoms with E-state index in [4.69, 9.17) is 9.47 Å². The molecule has 28 heavy (non-hydrogen) atoms. The first kappa shape index (κ1) is 20.3. The van der Waals surface area contributed by atoms with Crippen molar-refractivity contribution in [2.75, 3.05) is 44.8 Å². The molecule has 1 amide bonds. The van der Waals surface area contributed by atoms with Gasteiger partial charge in [-0.2, -0.15) is 0 Å². The summed E-state index contributed by atoms with van der Waals surface area (Å²) in [7, 11) is 1.57. The molecule has 0 saturated carbocycles. The van der Waals surface area contributed by atoms with Crippen LogP contribution in [0.1, 0.15) is 23.7 Å². The molecular formula is C21H25BrN2O4. The van der Waals surface area contributed by atoms with Crippen molar-refractivity contribution in [1.82, 2.24) is 4.90 Å². The molecule has 0 spiro atoms. The van der Waals surface area contributed by atoms with E-state index in [9.17, 15) is 9.90 Å². The fraction of sp³-hybridized carbons (Fsp3) is 0.381. The largest absolute Gasteiger partial charge is 0.508 e. The Kier molecular flexibility index (Phi) is 6.67. The molecule has 0 radical (unpaired) electrons. The number of aromatic hydroxyl groups is 1. The topological polar surface area (TPSA) is 62.2 Å². The van der Waals surface area contributed by atoms with E-state index in [1.165, 1.54) is 0 Å². The van der Waals surface area contributed by atoms with Crippen LogP contribution in [0.25, 0.3) is 0 Å². The molecule has 1 aliphatic heterocycles. The second kappa shape index (κ2) is 9.19. The lowest BCUT2D eigenvalue weighted by molar-refractivity contribution is 0.0746. The van der Waals surface area contributed by atoms with Gasteiger partial charge in [-0.15, -0.1) is 0 Å². The quantitative estimate of drug-likeness (QED) is 0.725. The van der Waals surface area contributed by atoms with E-state index >= 15 is 0 Å². The zero-order valence-corrected chi connectivity index (χ0v) is 17.7. The highest BCUT2D eigenvalue weighted by Gasteiger charge is 2.24. The number of amides is 1. The highest BCUT2D eigenvalue weighted by atomic mass is 79.9. The molecule has 150 valence electrons. The molecule has 1 fully saturated rings. The van der Waals surface area contributed by atoms with Crippen LogP contribution in [0.4, 0.5) is 5.69 Å². The summed E-state index contributed by atoms with van der Waals surface area (Å²) in [5.41, 5.74) is 1.62. The Bertz CT molecular complexity index is 818. The number of methoxy groups -OCH3 is 1. The lowest BCUT2D eigenvalue weighted by atomic mass is 10.1. The molecule has 0 bridgehead atoms. The summed E-state index contributed by atoms with van der Waals surface area (Å²) < 4.78 is 11.9. The van der Waals surface area contributed by atoms with Crippen LogP contribution in [-0.4, -0.2) is 55.8 Å². The number of anilines is 1. The van der Waals surface area contributed by atoms with Crippen LogP contribution in [0.3, 0.4) is 0 Å². The number of halogens is 1. The Hall–Kier alpha value is -2.41. The summed E-state index contributed by atoms with van der Waals surface area (Å²) >= 11 is 3.50. The molecule has 0 aliphatic carbocycles. The summed E-state index contributed by atoms with van der Waals surface area (Å²) in [4.78, 5) is 17.1. The van der Waals surface area contributed by atoms with Crippen molar-refractivity contribution in [1.29, 1.82) is 0 Å². The summed E-state index contributed by atoms with van der Waals surface area (Å²) in [5.74, 6) is 1.40. The molecule has 3 rings (SSSR count). The predicted molar refractivity (Wildman–Crippen MR) is 113 cm³/mol. The minimum atomic E-state index is -0.0219. The first-order valence-corrected chi connectivity index (χ1v) is 10.2. The molecule has 1 N–H and O–H groups in total. The molecule has 0 aromatic heterocycles.